The van der Waals surface area contributed by atoms with Gasteiger partial charge in [-0.05, 0) is 57.4 Å². The monoisotopic (exact) mass is 236 g/mol. The van der Waals surface area contributed by atoms with Crippen molar-refractivity contribution in [2.24, 2.45) is 5.41 Å². The van der Waals surface area contributed by atoms with Crippen molar-refractivity contribution in [2.45, 2.75) is 83.0 Å². The third-order valence-corrected chi connectivity index (χ3v) is 5.54. The highest BCUT2D eigenvalue weighted by atomic mass is 15.2. The van der Waals surface area contributed by atoms with Gasteiger partial charge in [0.25, 0.3) is 0 Å². The van der Waals surface area contributed by atoms with Gasteiger partial charge in [-0.15, -0.1) is 0 Å². The predicted molar refractivity (Wildman–Crippen MR) is 72.2 cm³/mol. The van der Waals surface area contributed by atoms with Crippen molar-refractivity contribution >= 4 is 0 Å². The molecule has 2 bridgehead atoms. The quantitative estimate of drug-likeness (QED) is 0.793. The van der Waals surface area contributed by atoms with Crippen LogP contribution in [0.5, 0.6) is 0 Å². The van der Waals surface area contributed by atoms with Crippen molar-refractivity contribution in [3.8, 4) is 0 Å². The van der Waals surface area contributed by atoms with E-state index in [4.69, 9.17) is 0 Å². The third-order valence-electron chi connectivity index (χ3n) is 5.54. The summed E-state index contributed by atoms with van der Waals surface area (Å²) in [6.45, 7) is 4.85. The Balaban J connectivity index is 1.54. The Morgan fingerprint density at radius 2 is 1.65 bits per heavy atom. The highest BCUT2D eigenvalue weighted by Gasteiger charge is 2.40. The SMILES string of the molecule is CN1C2CCC1CC(NC1CCC(C)(C)C1)C2. The van der Waals surface area contributed by atoms with Gasteiger partial charge in [0.15, 0.2) is 0 Å². The lowest BCUT2D eigenvalue weighted by Crippen LogP contribution is -2.49. The zero-order valence-corrected chi connectivity index (χ0v) is 11.7. The number of rotatable bonds is 2. The standard InChI is InChI=1S/C15H28N2/c1-15(2)7-6-11(10-15)16-12-8-13-4-5-14(9-12)17(13)3/h11-14,16H,4-10H2,1-3H3. The van der Waals surface area contributed by atoms with Crippen LogP contribution in [0.3, 0.4) is 0 Å². The van der Waals surface area contributed by atoms with Gasteiger partial charge in [0.1, 0.15) is 0 Å². The summed E-state index contributed by atoms with van der Waals surface area (Å²) in [6.07, 6.45) is 9.85. The Morgan fingerprint density at radius 3 is 2.18 bits per heavy atom. The maximum atomic E-state index is 3.97. The van der Waals surface area contributed by atoms with Gasteiger partial charge in [-0.2, -0.15) is 0 Å². The largest absolute Gasteiger partial charge is 0.311 e. The first-order chi connectivity index (χ1) is 8.03. The van der Waals surface area contributed by atoms with E-state index in [1.165, 1.54) is 44.9 Å². The molecule has 2 heterocycles. The van der Waals surface area contributed by atoms with Crippen molar-refractivity contribution in [1.29, 1.82) is 0 Å². The Hall–Kier alpha value is -0.0800. The zero-order chi connectivity index (χ0) is 12.0. The van der Waals surface area contributed by atoms with Gasteiger partial charge in [-0.25, -0.2) is 0 Å². The summed E-state index contributed by atoms with van der Waals surface area (Å²) in [7, 11) is 2.33. The maximum Gasteiger partial charge on any atom is 0.0111 e. The Kier molecular flexibility index (Phi) is 2.99. The molecule has 1 aliphatic carbocycles. The van der Waals surface area contributed by atoms with Crippen LogP contribution < -0.4 is 5.32 Å². The summed E-state index contributed by atoms with van der Waals surface area (Å²) in [5, 5.41) is 3.97. The van der Waals surface area contributed by atoms with E-state index in [0.29, 0.717) is 5.41 Å². The van der Waals surface area contributed by atoms with Crippen LogP contribution >= 0.6 is 0 Å². The van der Waals surface area contributed by atoms with Crippen LogP contribution in [0.4, 0.5) is 0 Å². The van der Waals surface area contributed by atoms with Crippen molar-refractivity contribution in [2.75, 3.05) is 7.05 Å². The Labute approximate surface area is 106 Å². The van der Waals surface area contributed by atoms with Crippen LogP contribution in [0.1, 0.15) is 58.8 Å². The van der Waals surface area contributed by atoms with Crippen molar-refractivity contribution in [3.63, 3.8) is 0 Å². The van der Waals surface area contributed by atoms with Crippen LogP contribution in [0, 0.1) is 5.41 Å². The fourth-order valence-electron chi connectivity index (χ4n) is 4.46. The van der Waals surface area contributed by atoms with Crippen molar-refractivity contribution < 1.29 is 0 Å². The normalized spacial score (nSPS) is 45.4. The van der Waals surface area contributed by atoms with Gasteiger partial charge in [0, 0.05) is 24.2 Å². The summed E-state index contributed by atoms with van der Waals surface area (Å²) in [5.74, 6) is 0. The minimum atomic E-state index is 0.585. The maximum absolute atomic E-state index is 3.97. The van der Waals surface area contributed by atoms with Crippen LogP contribution in [-0.4, -0.2) is 36.1 Å². The molecule has 0 aromatic rings. The lowest BCUT2D eigenvalue weighted by molar-refractivity contribution is 0.142. The molecule has 2 heteroatoms. The molecular weight excluding hydrogens is 208 g/mol. The summed E-state index contributed by atoms with van der Waals surface area (Å²) in [4.78, 5) is 2.64. The highest BCUT2D eigenvalue weighted by molar-refractivity contribution is 4.98. The molecule has 0 aromatic carbocycles. The topological polar surface area (TPSA) is 15.3 Å². The molecule has 2 nitrogen and oxygen atoms in total. The van der Waals surface area contributed by atoms with Gasteiger partial charge < -0.3 is 10.2 Å². The highest BCUT2D eigenvalue weighted by Crippen LogP contribution is 2.39. The number of hydrogen-bond donors (Lipinski definition) is 1. The molecule has 0 spiro atoms. The summed E-state index contributed by atoms with van der Waals surface area (Å²) >= 11 is 0. The van der Waals surface area contributed by atoms with E-state index in [-0.39, 0.29) is 0 Å². The van der Waals surface area contributed by atoms with Crippen LogP contribution in [0.25, 0.3) is 0 Å². The summed E-state index contributed by atoms with van der Waals surface area (Å²) in [5.41, 5.74) is 0.585. The molecule has 2 aliphatic heterocycles. The molecule has 98 valence electrons. The van der Waals surface area contributed by atoms with E-state index >= 15 is 0 Å². The van der Waals surface area contributed by atoms with Gasteiger partial charge >= 0.3 is 0 Å². The number of nitrogens with one attached hydrogen (secondary N) is 1. The summed E-state index contributed by atoms with van der Waals surface area (Å²) in [6, 6.07) is 3.36. The van der Waals surface area contributed by atoms with E-state index in [9.17, 15) is 0 Å². The van der Waals surface area contributed by atoms with Crippen LogP contribution in [-0.2, 0) is 0 Å². The second-order valence-corrected chi connectivity index (χ2v) is 7.49. The Bertz CT molecular complexity index is 273. The molecule has 0 amide bonds. The molecule has 3 fully saturated rings. The molecule has 3 rings (SSSR count). The van der Waals surface area contributed by atoms with Gasteiger partial charge in [0.05, 0.1) is 0 Å². The Morgan fingerprint density at radius 1 is 1.00 bits per heavy atom. The molecule has 1 saturated carbocycles. The number of nitrogens with zero attached hydrogens (tertiary/aromatic N) is 1. The van der Waals surface area contributed by atoms with E-state index in [0.717, 1.165) is 24.2 Å². The van der Waals surface area contributed by atoms with E-state index in [2.05, 4.69) is 31.1 Å². The molecule has 17 heavy (non-hydrogen) atoms. The smallest absolute Gasteiger partial charge is 0.0111 e. The first-order valence-electron chi connectivity index (χ1n) is 7.51. The molecule has 0 aromatic heterocycles. The van der Waals surface area contributed by atoms with Gasteiger partial charge in [-0.3, -0.25) is 0 Å². The molecular formula is C15H28N2. The molecule has 3 aliphatic rings. The average molecular weight is 236 g/mol. The molecule has 1 N–H and O–H groups in total. The molecule has 2 saturated heterocycles. The van der Waals surface area contributed by atoms with Gasteiger partial charge in [0.2, 0.25) is 0 Å². The fourth-order valence-corrected chi connectivity index (χ4v) is 4.46. The van der Waals surface area contributed by atoms with Crippen LogP contribution in [0.2, 0.25) is 0 Å². The lowest BCUT2D eigenvalue weighted by Gasteiger charge is -2.38. The van der Waals surface area contributed by atoms with Crippen molar-refractivity contribution in [3.05, 3.63) is 0 Å². The number of piperidine rings is 1. The molecule has 0 radical (unpaired) electrons. The van der Waals surface area contributed by atoms with E-state index in [1.54, 1.807) is 0 Å². The average Bonchev–Trinajstić information content (AvgIpc) is 2.67. The predicted octanol–water partition coefficient (Wildman–Crippen LogP) is 2.78. The zero-order valence-electron chi connectivity index (χ0n) is 11.7. The summed E-state index contributed by atoms with van der Waals surface area (Å²) < 4.78 is 0. The minimum Gasteiger partial charge on any atom is -0.311 e. The van der Waals surface area contributed by atoms with E-state index < -0.39 is 0 Å². The second-order valence-electron chi connectivity index (χ2n) is 7.49. The first kappa shape index (κ1) is 12.0. The number of hydrogen-bond acceptors (Lipinski definition) is 2. The fraction of sp³-hybridized carbons (Fsp3) is 1.00. The van der Waals surface area contributed by atoms with Gasteiger partial charge in [-0.1, -0.05) is 13.8 Å². The minimum absolute atomic E-state index is 0.585. The third kappa shape index (κ3) is 2.39. The lowest BCUT2D eigenvalue weighted by atomic mass is 9.91. The first-order valence-corrected chi connectivity index (χ1v) is 7.51. The molecule has 3 atom stereocenters. The number of fused-ring (bicyclic) bond motifs is 2. The van der Waals surface area contributed by atoms with Crippen LogP contribution in [0.15, 0.2) is 0 Å². The van der Waals surface area contributed by atoms with Crippen molar-refractivity contribution in [1.82, 2.24) is 10.2 Å². The second kappa shape index (κ2) is 4.24. The van der Waals surface area contributed by atoms with E-state index in [1.807, 2.05) is 0 Å². The molecule has 3 unspecified atom stereocenters.